The lowest BCUT2D eigenvalue weighted by atomic mass is 10.2. The van der Waals surface area contributed by atoms with Crippen LogP contribution in [0.1, 0.15) is 16.6 Å². The van der Waals surface area contributed by atoms with Gasteiger partial charge in [-0.25, -0.2) is 4.98 Å². The van der Waals surface area contributed by atoms with Crippen LogP contribution in [0.15, 0.2) is 30.5 Å². The van der Waals surface area contributed by atoms with Gasteiger partial charge in [0.25, 0.3) is 0 Å². The number of pyridine rings is 1. The Labute approximate surface area is 97.7 Å². The van der Waals surface area contributed by atoms with Crippen molar-refractivity contribution in [1.82, 2.24) is 4.98 Å². The van der Waals surface area contributed by atoms with Gasteiger partial charge in [-0.05, 0) is 25.1 Å². The predicted molar refractivity (Wildman–Crippen MR) is 64.1 cm³/mol. The third kappa shape index (κ3) is 2.28. The highest BCUT2D eigenvalue weighted by atomic mass is 32.1. The van der Waals surface area contributed by atoms with Crippen LogP contribution in [0.4, 0.5) is 0 Å². The first-order chi connectivity index (χ1) is 7.83. The zero-order chi connectivity index (χ0) is 11.4. The fourth-order valence-corrected chi connectivity index (χ4v) is 2.14. The number of aromatic nitrogens is 1. The lowest BCUT2D eigenvalue weighted by molar-refractivity contribution is 0.112. The van der Waals surface area contributed by atoms with Crippen molar-refractivity contribution in [2.75, 3.05) is 6.61 Å². The zero-order valence-corrected chi connectivity index (χ0v) is 9.66. The van der Waals surface area contributed by atoms with Crippen LogP contribution >= 0.6 is 11.3 Å². The quantitative estimate of drug-likeness (QED) is 0.762. The standard InChI is InChI=1S/C12H11NO2S/c1-2-15-12-6-3-9(7-13-12)11-5-4-10(8-14)16-11/h3-8H,2H2,1H3. The Morgan fingerprint density at radius 3 is 2.81 bits per heavy atom. The summed E-state index contributed by atoms with van der Waals surface area (Å²) in [5.74, 6) is 0.624. The summed E-state index contributed by atoms with van der Waals surface area (Å²) in [6, 6.07) is 7.51. The molecule has 0 bridgehead atoms. The average molecular weight is 233 g/mol. The van der Waals surface area contributed by atoms with Gasteiger partial charge in [-0.2, -0.15) is 0 Å². The molecule has 0 aliphatic heterocycles. The van der Waals surface area contributed by atoms with Crippen LogP contribution in [0.25, 0.3) is 10.4 Å². The van der Waals surface area contributed by atoms with E-state index in [9.17, 15) is 4.79 Å². The fourth-order valence-electron chi connectivity index (χ4n) is 1.33. The van der Waals surface area contributed by atoms with Gasteiger partial charge in [-0.15, -0.1) is 11.3 Å². The lowest BCUT2D eigenvalue weighted by Gasteiger charge is -2.01. The molecule has 2 aromatic heterocycles. The number of thiophene rings is 1. The molecule has 0 spiro atoms. The van der Waals surface area contributed by atoms with Gasteiger partial charge in [0, 0.05) is 22.7 Å². The van der Waals surface area contributed by atoms with Crippen molar-refractivity contribution in [3.63, 3.8) is 0 Å². The molecule has 0 amide bonds. The van der Waals surface area contributed by atoms with Crippen LogP contribution in [0, 0.1) is 0 Å². The molecular weight excluding hydrogens is 222 g/mol. The van der Waals surface area contributed by atoms with E-state index in [2.05, 4.69) is 4.98 Å². The van der Waals surface area contributed by atoms with E-state index in [4.69, 9.17) is 4.74 Å². The molecule has 0 saturated heterocycles. The molecule has 0 aliphatic carbocycles. The number of rotatable bonds is 4. The number of aldehydes is 1. The van der Waals surface area contributed by atoms with Gasteiger partial charge in [0.1, 0.15) is 0 Å². The Balaban J connectivity index is 2.23. The Bertz CT molecular complexity index is 476. The molecule has 3 nitrogen and oxygen atoms in total. The molecule has 82 valence electrons. The van der Waals surface area contributed by atoms with Crippen molar-refractivity contribution in [2.45, 2.75) is 6.92 Å². The summed E-state index contributed by atoms with van der Waals surface area (Å²) in [5, 5.41) is 0. The van der Waals surface area contributed by atoms with E-state index < -0.39 is 0 Å². The molecule has 2 rings (SSSR count). The van der Waals surface area contributed by atoms with Gasteiger partial charge in [-0.1, -0.05) is 0 Å². The Hall–Kier alpha value is -1.68. The molecule has 0 unspecified atom stereocenters. The van der Waals surface area contributed by atoms with Crippen LogP contribution in [-0.2, 0) is 0 Å². The summed E-state index contributed by atoms with van der Waals surface area (Å²) in [7, 11) is 0. The maximum atomic E-state index is 10.6. The second-order valence-electron chi connectivity index (χ2n) is 3.14. The molecule has 0 fully saturated rings. The maximum Gasteiger partial charge on any atom is 0.213 e. The molecule has 2 aromatic rings. The average Bonchev–Trinajstić information content (AvgIpc) is 2.79. The zero-order valence-electron chi connectivity index (χ0n) is 8.84. The van der Waals surface area contributed by atoms with Crippen molar-refractivity contribution in [3.05, 3.63) is 35.3 Å². The molecular formula is C12H11NO2S. The van der Waals surface area contributed by atoms with Gasteiger partial charge in [0.2, 0.25) is 5.88 Å². The highest BCUT2D eigenvalue weighted by molar-refractivity contribution is 7.17. The third-order valence-electron chi connectivity index (χ3n) is 2.06. The normalized spacial score (nSPS) is 10.1. The number of ether oxygens (including phenoxy) is 1. The van der Waals surface area contributed by atoms with Crippen molar-refractivity contribution < 1.29 is 9.53 Å². The summed E-state index contributed by atoms with van der Waals surface area (Å²) in [6.45, 7) is 2.53. The number of carbonyl (C=O) groups is 1. The highest BCUT2D eigenvalue weighted by Gasteiger charge is 2.03. The van der Waals surface area contributed by atoms with E-state index in [0.717, 1.165) is 21.6 Å². The summed E-state index contributed by atoms with van der Waals surface area (Å²) in [6.07, 6.45) is 2.61. The molecule has 0 radical (unpaired) electrons. The maximum absolute atomic E-state index is 10.6. The van der Waals surface area contributed by atoms with E-state index in [1.807, 2.05) is 31.2 Å². The van der Waals surface area contributed by atoms with Crippen LogP contribution in [0.5, 0.6) is 5.88 Å². The Morgan fingerprint density at radius 1 is 1.38 bits per heavy atom. The van der Waals surface area contributed by atoms with Crippen LogP contribution in [0.2, 0.25) is 0 Å². The fraction of sp³-hybridized carbons (Fsp3) is 0.167. The number of hydrogen-bond acceptors (Lipinski definition) is 4. The second kappa shape index (κ2) is 4.90. The SMILES string of the molecule is CCOc1ccc(-c2ccc(C=O)s2)cn1. The van der Waals surface area contributed by atoms with E-state index >= 15 is 0 Å². The van der Waals surface area contributed by atoms with Gasteiger partial charge < -0.3 is 4.74 Å². The summed E-state index contributed by atoms with van der Waals surface area (Å²) >= 11 is 1.46. The third-order valence-corrected chi connectivity index (χ3v) is 3.12. The van der Waals surface area contributed by atoms with Crippen LogP contribution < -0.4 is 4.74 Å². The molecule has 0 aromatic carbocycles. The minimum Gasteiger partial charge on any atom is -0.478 e. The molecule has 0 N–H and O–H groups in total. The molecule has 16 heavy (non-hydrogen) atoms. The number of hydrogen-bond donors (Lipinski definition) is 0. The predicted octanol–water partition coefficient (Wildman–Crippen LogP) is 3.02. The number of carbonyl (C=O) groups excluding carboxylic acids is 1. The topological polar surface area (TPSA) is 39.2 Å². The van der Waals surface area contributed by atoms with Crippen LogP contribution in [-0.4, -0.2) is 17.9 Å². The van der Waals surface area contributed by atoms with E-state index in [-0.39, 0.29) is 0 Å². The first-order valence-corrected chi connectivity index (χ1v) is 5.79. The molecule has 0 atom stereocenters. The molecule has 2 heterocycles. The van der Waals surface area contributed by atoms with Crippen molar-refractivity contribution in [2.24, 2.45) is 0 Å². The van der Waals surface area contributed by atoms with Crippen molar-refractivity contribution in [3.8, 4) is 16.3 Å². The Kier molecular flexibility index (Phi) is 3.31. The first kappa shape index (κ1) is 10.8. The number of nitrogens with zero attached hydrogens (tertiary/aromatic N) is 1. The van der Waals surface area contributed by atoms with Gasteiger partial charge in [0.15, 0.2) is 6.29 Å². The van der Waals surface area contributed by atoms with Gasteiger partial charge in [-0.3, -0.25) is 4.79 Å². The van der Waals surface area contributed by atoms with Crippen LogP contribution in [0.3, 0.4) is 0 Å². The Morgan fingerprint density at radius 2 is 2.25 bits per heavy atom. The smallest absolute Gasteiger partial charge is 0.213 e. The van der Waals surface area contributed by atoms with E-state index in [0.29, 0.717) is 12.5 Å². The monoisotopic (exact) mass is 233 g/mol. The van der Waals surface area contributed by atoms with Gasteiger partial charge in [0.05, 0.1) is 11.5 Å². The highest BCUT2D eigenvalue weighted by Crippen LogP contribution is 2.27. The van der Waals surface area contributed by atoms with Crippen molar-refractivity contribution >= 4 is 17.6 Å². The second-order valence-corrected chi connectivity index (χ2v) is 4.25. The summed E-state index contributed by atoms with van der Waals surface area (Å²) < 4.78 is 5.26. The van der Waals surface area contributed by atoms with E-state index in [1.54, 1.807) is 6.20 Å². The minimum absolute atomic E-state index is 0.612. The first-order valence-electron chi connectivity index (χ1n) is 4.97. The lowest BCUT2D eigenvalue weighted by Crippen LogP contribution is -1.93. The molecule has 0 saturated carbocycles. The van der Waals surface area contributed by atoms with Gasteiger partial charge >= 0.3 is 0 Å². The summed E-state index contributed by atoms with van der Waals surface area (Å²) in [5.41, 5.74) is 1.00. The van der Waals surface area contributed by atoms with Crippen molar-refractivity contribution in [1.29, 1.82) is 0 Å². The molecule has 0 aliphatic rings. The van der Waals surface area contributed by atoms with E-state index in [1.165, 1.54) is 11.3 Å². The largest absolute Gasteiger partial charge is 0.478 e. The summed E-state index contributed by atoms with van der Waals surface area (Å²) in [4.78, 5) is 16.5. The molecule has 4 heteroatoms. The minimum atomic E-state index is 0.612.